The Morgan fingerprint density at radius 2 is 2.08 bits per heavy atom. The van der Waals surface area contributed by atoms with E-state index in [1.54, 1.807) is 18.2 Å². The van der Waals surface area contributed by atoms with Crippen LogP contribution in [0.3, 0.4) is 0 Å². The summed E-state index contributed by atoms with van der Waals surface area (Å²) in [4.78, 5) is 11.8. The highest BCUT2D eigenvalue weighted by atomic mass is 35.5. The quantitative estimate of drug-likeness (QED) is 0.527. The van der Waals surface area contributed by atoms with Crippen LogP contribution in [0.25, 0.3) is 0 Å². The number of hydrogen-bond donors (Lipinski definition) is 1. The van der Waals surface area contributed by atoms with Crippen LogP contribution in [0.2, 0.25) is 10.0 Å². The molecule has 24 heavy (non-hydrogen) atoms. The van der Waals surface area contributed by atoms with Crippen molar-refractivity contribution in [2.45, 2.75) is 51.9 Å². The third-order valence-electron chi connectivity index (χ3n) is 4.30. The normalized spacial score (nSPS) is 17.5. The summed E-state index contributed by atoms with van der Waals surface area (Å²) < 4.78 is 5.55. The standard InChI is InChI=1S/C18H24Cl2N2O2/c1-2-13-5-8-15(9-6-13)21-22-18(23)4-3-11-24-17-10-7-14(19)12-16(17)20/h7,10,12-13H,2-6,8-9,11H2,1H3,(H,22,23). The van der Waals surface area contributed by atoms with Crippen molar-refractivity contribution >= 4 is 34.8 Å². The fourth-order valence-corrected chi connectivity index (χ4v) is 3.20. The van der Waals surface area contributed by atoms with Crippen LogP contribution in [0, 0.1) is 5.92 Å². The van der Waals surface area contributed by atoms with E-state index in [0.717, 1.165) is 24.5 Å². The first-order chi connectivity index (χ1) is 11.6. The molecule has 0 aromatic heterocycles. The molecule has 4 nitrogen and oxygen atoms in total. The van der Waals surface area contributed by atoms with Gasteiger partial charge in [-0.2, -0.15) is 5.10 Å². The van der Waals surface area contributed by atoms with Gasteiger partial charge in [0.15, 0.2) is 0 Å². The third-order valence-corrected chi connectivity index (χ3v) is 4.83. The molecule has 0 unspecified atom stereocenters. The second-order valence-corrected chi connectivity index (χ2v) is 6.94. The van der Waals surface area contributed by atoms with Crippen molar-refractivity contribution in [1.29, 1.82) is 0 Å². The minimum absolute atomic E-state index is 0.0779. The Labute approximate surface area is 153 Å². The number of amides is 1. The Morgan fingerprint density at radius 3 is 2.75 bits per heavy atom. The molecule has 6 heteroatoms. The van der Waals surface area contributed by atoms with Gasteiger partial charge in [0.1, 0.15) is 5.75 Å². The van der Waals surface area contributed by atoms with Crippen LogP contribution in [0.4, 0.5) is 0 Å². The van der Waals surface area contributed by atoms with Crippen LogP contribution in [-0.2, 0) is 4.79 Å². The van der Waals surface area contributed by atoms with E-state index in [0.29, 0.717) is 35.2 Å². The summed E-state index contributed by atoms with van der Waals surface area (Å²) >= 11 is 11.9. The summed E-state index contributed by atoms with van der Waals surface area (Å²) in [5.41, 5.74) is 3.76. The van der Waals surface area contributed by atoms with Crippen molar-refractivity contribution in [3.63, 3.8) is 0 Å². The molecule has 1 amide bonds. The van der Waals surface area contributed by atoms with Gasteiger partial charge >= 0.3 is 0 Å². The number of hydrazone groups is 1. The Hall–Kier alpha value is -1.26. The van der Waals surface area contributed by atoms with Crippen molar-refractivity contribution in [2.75, 3.05) is 6.61 Å². The number of carbonyl (C=O) groups is 1. The topological polar surface area (TPSA) is 50.7 Å². The number of ether oxygens (including phenoxy) is 1. The average molecular weight is 371 g/mol. The van der Waals surface area contributed by atoms with Crippen molar-refractivity contribution in [1.82, 2.24) is 5.43 Å². The maximum atomic E-state index is 11.8. The fourth-order valence-electron chi connectivity index (χ4n) is 2.74. The molecule has 0 radical (unpaired) electrons. The van der Waals surface area contributed by atoms with Gasteiger partial charge in [0.25, 0.3) is 0 Å². The van der Waals surface area contributed by atoms with Crippen molar-refractivity contribution in [3.8, 4) is 5.75 Å². The number of rotatable bonds is 7. The van der Waals surface area contributed by atoms with Crippen molar-refractivity contribution < 1.29 is 9.53 Å². The molecule has 1 fully saturated rings. The minimum atomic E-state index is -0.0779. The summed E-state index contributed by atoms with van der Waals surface area (Å²) in [7, 11) is 0. The lowest BCUT2D eigenvalue weighted by molar-refractivity contribution is -0.121. The zero-order chi connectivity index (χ0) is 17.4. The highest BCUT2D eigenvalue weighted by molar-refractivity contribution is 6.35. The van der Waals surface area contributed by atoms with E-state index in [4.69, 9.17) is 27.9 Å². The SMILES string of the molecule is CCC1CCC(=NNC(=O)CCCOc2ccc(Cl)cc2Cl)CC1. The van der Waals surface area contributed by atoms with Gasteiger partial charge in [-0.3, -0.25) is 4.79 Å². The summed E-state index contributed by atoms with van der Waals surface area (Å²) in [6.07, 6.45) is 6.57. The number of nitrogens with zero attached hydrogens (tertiary/aromatic N) is 1. The van der Waals surface area contributed by atoms with Crippen molar-refractivity contribution in [2.24, 2.45) is 11.0 Å². The average Bonchev–Trinajstić information content (AvgIpc) is 2.59. The molecule has 1 N–H and O–H groups in total. The number of carbonyl (C=O) groups excluding carboxylic acids is 1. The Morgan fingerprint density at radius 1 is 1.33 bits per heavy atom. The molecule has 1 aromatic carbocycles. The smallest absolute Gasteiger partial charge is 0.240 e. The van der Waals surface area contributed by atoms with E-state index in [-0.39, 0.29) is 5.91 Å². The Kier molecular flexibility index (Phi) is 7.86. The van der Waals surface area contributed by atoms with Crippen LogP contribution in [0.5, 0.6) is 5.75 Å². The van der Waals surface area contributed by atoms with E-state index in [9.17, 15) is 4.79 Å². The molecular weight excluding hydrogens is 347 g/mol. The van der Waals surface area contributed by atoms with E-state index in [1.807, 2.05) is 0 Å². The van der Waals surface area contributed by atoms with Crippen LogP contribution >= 0.6 is 23.2 Å². The molecule has 1 aliphatic carbocycles. The Bertz CT molecular complexity index is 580. The highest BCUT2D eigenvalue weighted by Crippen LogP contribution is 2.27. The zero-order valence-electron chi connectivity index (χ0n) is 14.0. The summed E-state index contributed by atoms with van der Waals surface area (Å²) in [6.45, 7) is 2.65. The predicted molar refractivity (Wildman–Crippen MR) is 99.0 cm³/mol. The van der Waals surface area contributed by atoms with Gasteiger partial charge in [0.05, 0.1) is 11.6 Å². The molecule has 0 atom stereocenters. The summed E-state index contributed by atoms with van der Waals surface area (Å²) in [5, 5.41) is 5.29. The van der Waals surface area contributed by atoms with Crippen LogP contribution in [-0.4, -0.2) is 18.2 Å². The lowest BCUT2D eigenvalue weighted by Gasteiger charge is -2.21. The predicted octanol–water partition coefficient (Wildman–Crippen LogP) is 5.22. The number of hydrogen-bond acceptors (Lipinski definition) is 3. The van der Waals surface area contributed by atoms with Gasteiger partial charge in [-0.1, -0.05) is 36.5 Å². The molecule has 0 aliphatic heterocycles. The second kappa shape index (κ2) is 9.90. The van der Waals surface area contributed by atoms with Gasteiger partial charge in [0.2, 0.25) is 5.91 Å². The van der Waals surface area contributed by atoms with Gasteiger partial charge < -0.3 is 4.74 Å². The molecule has 0 heterocycles. The molecule has 132 valence electrons. The monoisotopic (exact) mass is 370 g/mol. The largest absolute Gasteiger partial charge is 0.492 e. The zero-order valence-corrected chi connectivity index (χ0v) is 15.5. The number of benzene rings is 1. The molecule has 1 saturated carbocycles. The first-order valence-corrected chi connectivity index (χ1v) is 9.26. The lowest BCUT2D eigenvalue weighted by Crippen LogP contribution is -2.22. The van der Waals surface area contributed by atoms with E-state index in [1.165, 1.54) is 19.3 Å². The van der Waals surface area contributed by atoms with Crippen LogP contribution < -0.4 is 10.2 Å². The van der Waals surface area contributed by atoms with E-state index >= 15 is 0 Å². The molecular formula is C18H24Cl2N2O2. The number of halogens is 2. The maximum absolute atomic E-state index is 11.8. The first kappa shape index (κ1) is 19.1. The molecule has 1 aliphatic rings. The van der Waals surface area contributed by atoms with Gasteiger partial charge in [0, 0.05) is 17.2 Å². The first-order valence-electron chi connectivity index (χ1n) is 8.50. The third kappa shape index (κ3) is 6.33. The van der Waals surface area contributed by atoms with Gasteiger partial charge in [-0.15, -0.1) is 0 Å². The second-order valence-electron chi connectivity index (χ2n) is 6.09. The molecule has 0 bridgehead atoms. The number of nitrogens with one attached hydrogen (secondary N) is 1. The Balaban J connectivity index is 1.63. The molecule has 0 saturated heterocycles. The van der Waals surface area contributed by atoms with Crippen molar-refractivity contribution in [3.05, 3.63) is 28.2 Å². The van der Waals surface area contributed by atoms with Gasteiger partial charge in [-0.05, 0) is 56.2 Å². The molecule has 1 aromatic rings. The van der Waals surface area contributed by atoms with E-state index < -0.39 is 0 Å². The minimum Gasteiger partial charge on any atom is -0.492 e. The fraction of sp³-hybridized carbons (Fsp3) is 0.556. The summed E-state index contributed by atoms with van der Waals surface area (Å²) in [6, 6.07) is 5.08. The van der Waals surface area contributed by atoms with Gasteiger partial charge in [-0.25, -0.2) is 5.43 Å². The maximum Gasteiger partial charge on any atom is 0.240 e. The summed E-state index contributed by atoms with van der Waals surface area (Å²) in [5.74, 6) is 1.32. The van der Waals surface area contributed by atoms with Crippen LogP contribution in [0.15, 0.2) is 23.3 Å². The lowest BCUT2D eigenvalue weighted by atomic mass is 9.86. The molecule has 0 spiro atoms. The van der Waals surface area contributed by atoms with Crippen LogP contribution in [0.1, 0.15) is 51.9 Å². The highest BCUT2D eigenvalue weighted by Gasteiger charge is 2.16. The molecule has 2 rings (SSSR count). The van der Waals surface area contributed by atoms with E-state index in [2.05, 4.69) is 17.5 Å².